The average Bonchev–Trinajstić information content (AvgIpc) is 0.989. The lowest BCUT2D eigenvalue weighted by atomic mass is 10.1. The van der Waals surface area contributed by atoms with E-state index in [9.17, 15) is 43.5 Å². The standard InChI is InChI=1S/C89H148O16P2/c1-4-7-10-13-16-19-22-25-28-31-34-37-39-41-43-46-48-51-54-57-60-63-66-69-72-75-87(92)99-78-84(90)79-101-106(95,96)102-80-85(91)81-103-107(97,98)104-83-86(105-89(94)77-74-71-68-65-62-59-56-53-50-45-36-33-30-27-24-21-18-15-12-9-6-3)82-100-88(93)76-73-70-67-64-61-58-55-52-49-47-44-42-40-38-35-32-29-26-23-20-17-14-11-8-5-2/h9,12,16-21,25-30,34-38,41-45,53,56,62,65,84-86,90-91H,4-8,10-11,13-15,22-24,31-33,39-40,46-52,54-55,57-61,63-64,66-83H2,1-3H3,(H,95,96)(H,97,98)/b12-9-,19-16-,20-17-,21-18-,28-25-,29-26-,30-27-,37-34-,38-35-,43-41-,44-42-,45-36-,56-53-,65-62-. The highest BCUT2D eigenvalue weighted by Gasteiger charge is 2.29. The molecule has 16 nitrogen and oxygen atoms in total. The normalized spacial score (nSPS) is 14.8. The summed E-state index contributed by atoms with van der Waals surface area (Å²) in [4.78, 5) is 58.8. The molecule has 0 aromatic heterocycles. The number of carbonyl (C=O) groups excluding carboxylic acids is 3. The minimum absolute atomic E-state index is 0.0417. The van der Waals surface area contributed by atoms with Gasteiger partial charge < -0.3 is 34.2 Å². The van der Waals surface area contributed by atoms with E-state index in [1.54, 1.807) is 0 Å². The molecule has 0 saturated carbocycles. The summed E-state index contributed by atoms with van der Waals surface area (Å²) < 4.78 is 61.2. The van der Waals surface area contributed by atoms with Crippen molar-refractivity contribution in [2.75, 3.05) is 39.6 Å². The Morgan fingerprint density at radius 3 is 0.804 bits per heavy atom. The van der Waals surface area contributed by atoms with Crippen LogP contribution < -0.4 is 0 Å². The number of carbonyl (C=O) groups is 3. The van der Waals surface area contributed by atoms with Crippen LogP contribution in [0.3, 0.4) is 0 Å². The number of aliphatic hydroxyl groups is 2. The average molecular weight is 1540 g/mol. The molecule has 0 bridgehead atoms. The molecule has 0 radical (unpaired) electrons. The molecule has 0 aliphatic carbocycles. The van der Waals surface area contributed by atoms with E-state index in [1.165, 1.54) is 103 Å². The number of allylic oxidation sites excluding steroid dienone is 28. The van der Waals surface area contributed by atoms with Crippen molar-refractivity contribution in [3.63, 3.8) is 0 Å². The van der Waals surface area contributed by atoms with Gasteiger partial charge in [-0.1, -0.05) is 306 Å². The molecule has 5 unspecified atom stereocenters. The van der Waals surface area contributed by atoms with Gasteiger partial charge >= 0.3 is 33.6 Å². The zero-order chi connectivity index (χ0) is 78.0. The van der Waals surface area contributed by atoms with Gasteiger partial charge in [0.05, 0.1) is 26.4 Å². The van der Waals surface area contributed by atoms with Gasteiger partial charge in [0.25, 0.3) is 0 Å². The fourth-order valence-electron chi connectivity index (χ4n) is 10.6. The van der Waals surface area contributed by atoms with E-state index >= 15 is 0 Å². The number of phosphoric ester groups is 2. The van der Waals surface area contributed by atoms with Crippen LogP contribution >= 0.6 is 15.6 Å². The number of phosphoric acid groups is 2. The Balaban J connectivity index is 4.74. The maximum atomic E-state index is 13.0. The molecule has 0 amide bonds. The summed E-state index contributed by atoms with van der Waals surface area (Å²) in [6.45, 7) is 2.45. The number of unbranched alkanes of at least 4 members (excludes halogenated alkanes) is 26. The first kappa shape index (κ1) is 102. The molecule has 5 atom stereocenters. The van der Waals surface area contributed by atoms with Crippen molar-refractivity contribution in [2.24, 2.45) is 0 Å². The molecular weight excluding hydrogens is 1390 g/mol. The SMILES string of the molecule is CC/C=C\C/C=C\C/C=C\C/C=C\C/C=C\C/C=C\CCCCC(=O)OC(COC(=O)CCCCCCCCCCC/C=C\C/C=C\C/C=C\C/C=C\CCCCC)COP(=O)(O)OCC(O)COP(=O)(O)OCC(O)COC(=O)CCCCCCCCCCC/C=C\C/C=C\C/C=C\C/C=C\CCCCC. The molecule has 0 heterocycles. The molecule has 0 aromatic carbocycles. The first-order chi connectivity index (χ1) is 52.2. The number of esters is 3. The summed E-state index contributed by atoms with van der Waals surface area (Å²) >= 11 is 0. The Bertz CT molecular complexity index is 2620. The molecule has 0 rings (SSSR count). The van der Waals surface area contributed by atoms with Crippen LogP contribution in [-0.4, -0.2) is 95.9 Å². The van der Waals surface area contributed by atoms with E-state index in [4.69, 9.17) is 32.3 Å². The third-order valence-electron chi connectivity index (χ3n) is 16.9. The maximum absolute atomic E-state index is 13.0. The van der Waals surface area contributed by atoms with Crippen LogP contribution in [0, 0.1) is 0 Å². The lowest BCUT2D eigenvalue weighted by Crippen LogP contribution is -2.30. The second kappa shape index (κ2) is 80.4. The highest BCUT2D eigenvalue weighted by atomic mass is 31.2. The minimum Gasteiger partial charge on any atom is -0.463 e. The highest BCUT2D eigenvalue weighted by molar-refractivity contribution is 7.47. The van der Waals surface area contributed by atoms with Crippen LogP contribution in [0.2, 0.25) is 0 Å². The van der Waals surface area contributed by atoms with Gasteiger partial charge in [-0.05, 0) is 161 Å². The molecule has 0 saturated heterocycles. The summed E-state index contributed by atoms with van der Waals surface area (Å²) in [6, 6.07) is 0. The number of ether oxygens (including phenoxy) is 3. The molecular formula is C89H148O16P2. The van der Waals surface area contributed by atoms with E-state index in [-0.39, 0.29) is 19.3 Å². The smallest absolute Gasteiger partial charge is 0.463 e. The second-order valence-corrected chi connectivity index (χ2v) is 30.1. The predicted molar refractivity (Wildman–Crippen MR) is 445 cm³/mol. The van der Waals surface area contributed by atoms with Gasteiger partial charge in [-0.15, -0.1) is 0 Å². The minimum atomic E-state index is -4.96. The van der Waals surface area contributed by atoms with E-state index in [1.807, 2.05) is 0 Å². The van der Waals surface area contributed by atoms with Gasteiger partial charge in [0.15, 0.2) is 6.10 Å². The van der Waals surface area contributed by atoms with Crippen LogP contribution in [0.25, 0.3) is 0 Å². The van der Waals surface area contributed by atoms with Crippen molar-refractivity contribution in [3.8, 4) is 0 Å². The summed E-state index contributed by atoms with van der Waals surface area (Å²) in [7, 11) is -9.83. The Morgan fingerprint density at radius 2 is 0.495 bits per heavy atom. The van der Waals surface area contributed by atoms with Crippen molar-refractivity contribution in [2.45, 2.75) is 334 Å². The topological polar surface area (TPSA) is 231 Å². The van der Waals surface area contributed by atoms with E-state index in [0.29, 0.717) is 25.7 Å². The molecule has 0 aromatic rings. The summed E-state index contributed by atoms with van der Waals surface area (Å²) in [5, 5.41) is 20.7. The number of hydrogen-bond donors (Lipinski definition) is 4. The van der Waals surface area contributed by atoms with Crippen LogP contribution in [0.5, 0.6) is 0 Å². The molecule has 0 fully saturated rings. The Labute approximate surface area is 650 Å². The van der Waals surface area contributed by atoms with E-state index in [0.717, 1.165) is 148 Å². The summed E-state index contributed by atoms with van der Waals surface area (Å²) in [5.74, 6) is -1.64. The van der Waals surface area contributed by atoms with Crippen LogP contribution in [0.15, 0.2) is 170 Å². The largest absolute Gasteiger partial charge is 0.472 e. The molecule has 610 valence electrons. The zero-order valence-electron chi connectivity index (χ0n) is 66.7. The fraction of sp³-hybridized carbons (Fsp3) is 0.652. The maximum Gasteiger partial charge on any atom is 0.472 e. The molecule has 0 aliphatic heterocycles. The zero-order valence-corrected chi connectivity index (χ0v) is 68.5. The van der Waals surface area contributed by atoms with Gasteiger partial charge in [0.1, 0.15) is 25.4 Å². The predicted octanol–water partition coefficient (Wildman–Crippen LogP) is 24.8. The van der Waals surface area contributed by atoms with Crippen molar-refractivity contribution in [3.05, 3.63) is 170 Å². The molecule has 4 N–H and O–H groups in total. The van der Waals surface area contributed by atoms with Crippen LogP contribution in [0.1, 0.15) is 316 Å². The van der Waals surface area contributed by atoms with Crippen molar-refractivity contribution in [1.82, 2.24) is 0 Å². The third-order valence-corrected chi connectivity index (χ3v) is 18.8. The quantitative estimate of drug-likeness (QED) is 0.0146. The fourth-order valence-corrected chi connectivity index (χ4v) is 12.2. The van der Waals surface area contributed by atoms with E-state index in [2.05, 4.69) is 191 Å². The molecule has 0 spiro atoms. The monoisotopic (exact) mass is 1540 g/mol. The molecule has 107 heavy (non-hydrogen) atoms. The Kier molecular flexibility index (Phi) is 76.6. The Hall–Kier alpha value is -5.09. The van der Waals surface area contributed by atoms with Gasteiger partial charge in [0, 0.05) is 19.3 Å². The summed E-state index contributed by atoms with van der Waals surface area (Å²) in [6.07, 6.45) is 102. The van der Waals surface area contributed by atoms with Gasteiger partial charge in [-0.2, -0.15) is 0 Å². The second-order valence-electron chi connectivity index (χ2n) is 27.2. The summed E-state index contributed by atoms with van der Waals surface area (Å²) in [5.41, 5.74) is 0. The van der Waals surface area contributed by atoms with Crippen LogP contribution in [0.4, 0.5) is 0 Å². The van der Waals surface area contributed by atoms with Gasteiger partial charge in [-0.25, -0.2) is 9.13 Å². The van der Waals surface area contributed by atoms with Crippen molar-refractivity contribution >= 4 is 33.6 Å². The Morgan fingerprint density at radius 1 is 0.271 bits per heavy atom. The highest BCUT2D eigenvalue weighted by Crippen LogP contribution is 2.45. The lowest BCUT2D eigenvalue weighted by Gasteiger charge is -2.21. The number of hydrogen-bond acceptors (Lipinski definition) is 14. The van der Waals surface area contributed by atoms with Crippen molar-refractivity contribution < 1.29 is 75.8 Å². The van der Waals surface area contributed by atoms with Crippen LogP contribution in [-0.2, 0) is 55.8 Å². The lowest BCUT2D eigenvalue weighted by molar-refractivity contribution is -0.161. The van der Waals surface area contributed by atoms with Gasteiger partial charge in [-0.3, -0.25) is 32.5 Å². The van der Waals surface area contributed by atoms with Crippen molar-refractivity contribution in [1.29, 1.82) is 0 Å². The molecule has 18 heteroatoms. The van der Waals surface area contributed by atoms with E-state index < -0.39 is 91.5 Å². The van der Waals surface area contributed by atoms with Gasteiger partial charge in [0.2, 0.25) is 0 Å². The first-order valence-electron chi connectivity index (χ1n) is 41.4. The number of aliphatic hydroxyl groups excluding tert-OH is 2. The third kappa shape index (κ3) is 81.7. The molecule has 0 aliphatic rings. The first-order valence-corrected chi connectivity index (χ1v) is 44.4. The number of rotatable bonds is 77.